The number of ether oxygens (including phenoxy) is 4. The zero-order chi connectivity index (χ0) is 26.1. The van der Waals surface area contributed by atoms with E-state index in [4.69, 9.17) is 46.1 Å². The number of hydrogen-bond donors (Lipinski definition) is 8. The molecule has 16 heteroatoms. The summed E-state index contributed by atoms with van der Waals surface area (Å²) >= 11 is 0. The number of nitrogens with one attached hydrogen (secondary N) is 1. The predicted molar refractivity (Wildman–Crippen MR) is 121 cm³/mol. The molecule has 12 N–H and O–H groups in total. The summed E-state index contributed by atoms with van der Waals surface area (Å²) in [7, 11) is -3.50. The highest BCUT2D eigenvalue weighted by atomic mass is 32.3. The molecule has 2 aliphatic heterocycles. The Balaban J connectivity index is 1.79. The lowest BCUT2D eigenvalue weighted by Gasteiger charge is -2.48. The third kappa shape index (κ3) is 6.67. The second-order valence-corrected chi connectivity index (χ2v) is 10.4. The van der Waals surface area contributed by atoms with Crippen molar-refractivity contribution in [3.05, 3.63) is 11.8 Å². The van der Waals surface area contributed by atoms with E-state index in [0.717, 1.165) is 0 Å². The van der Waals surface area contributed by atoms with Crippen LogP contribution in [0.4, 0.5) is 0 Å². The molecule has 0 aromatic heterocycles. The van der Waals surface area contributed by atoms with Gasteiger partial charge in [0.2, 0.25) is 6.29 Å². The molecular formula is C19H37N5O10S. The Bertz CT molecular complexity index is 861. The summed E-state index contributed by atoms with van der Waals surface area (Å²) in [4.78, 5) is 0. The van der Waals surface area contributed by atoms with Crippen molar-refractivity contribution < 1.29 is 46.3 Å². The number of aliphatic hydroxyl groups is 2. The molecule has 0 aromatic rings. The highest BCUT2D eigenvalue weighted by Gasteiger charge is 2.52. The van der Waals surface area contributed by atoms with Gasteiger partial charge in [0.1, 0.15) is 35.8 Å². The third-order valence-corrected chi connectivity index (χ3v) is 6.90. The van der Waals surface area contributed by atoms with Crippen molar-refractivity contribution in [2.45, 2.75) is 86.5 Å². The third-order valence-electron chi connectivity index (χ3n) is 6.43. The summed E-state index contributed by atoms with van der Waals surface area (Å²) in [6.07, 6.45) is -5.10. The van der Waals surface area contributed by atoms with Gasteiger partial charge in [0.25, 0.3) is 0 Å². The van der Waals surface area contributed by atoms with E-state index in [-0.39, 0.29) is 19.6 Å². The van der Waals surface area contributed by atoms with E-state index in [1.807, 2.05) is 0 Å². The van der Waals surface area contributed by atoms with Crippen LogP contribution >= 0.6 is 0 Å². The zero-order valence-electron chi connectivity index (χ0n) is 19.6. The quantitative estimate of drug-likeness (QED) is 0.140. The van der Waals surface area contributed by atoms with Crippen molar-refractivity contribution >= 4 is 10.4 Å². The molecule has 1 saturated carbocycles. The summed E-state index contributed by atoms with van der Waals surface area (Å²) in [5, 5.41) is 24.5. The fourth-order valence-corrected chi connectivity index (χ4v) is 5.13. The lowest BCUT2D eigenvalue weighted by Crippen LogP contribution is -2.69. The number of hydrogen-bond acceptors (Lipinski definition) is 14. The maximum absolute atomic E-state index is 11.5. The van der Waals surface area contributed by atoms with E-state index in [1.165, 1.54) is 14.0 Å². The fourth-order valence-electron chi connectivity index (χ4n) is 4.65. The van der Waals surface area contributed by atoms with Crippen LogP contribution in [-0.2, 0) is 33.5 Å². The highest BCUT2D eigenvalue weighted by molar-refractivity contribution is 7.80. The Morgan fingerprint density at radius 3 is 2.29 bits per heavy atom. The van der Waals surface area contributed by atoms with Crippen molar-refractivity contribution in [3.8, 4) is 0 Å². The Hall–Kier alpha value is -0.990. The van der Waals surface area contributed by atoms with Crippen LogP contribution in [-0.4, -0.2) is 110 Å². The molecule has 0 spiro atoms. The molecule has 35 heavy (non-hydrogen) atoms. The van der Waals surface area contributed by atoms with E-state index in [1.54, 1.807) is 6.08 Å². The molecule has 1 saturated heterocycles. The van der Waals surface area contributed by atoms with Gasteiger partial charge in [0.05, 0.1) is 25.2 Å². The first-order chi connectivity index (χ1) is 16.3. The Morgan fingerprint density at radius 1 is 1.14 bits per heavy atom. The molecule has 0 amide bonds. The standard InChI is InChI=1S/C19H37N5O10S/c1-19(26)7-30-18(15(16(19)24-2)34-35(27,28)29)33-14-11(23)5-10(22)13(12(14)25)32-17-9(21)4-3-8(6-20)31-17/h3,9-18,24-26H,4-7,20-23H2,1-2H3,(H,27,28,29). The molecule has 204 valence electrons. The van der Waals surface area contributed by atoms with Gasteiger partial charge in [-0.05, 0) is 32.9 Å². The summed E-state index contributed by atoms with van der Waals surface area (Å²) in [5.74, 6) is 0.492. The summed E-state index contributed by atoms with van der Waals surface area (Å²) in [6.45, 7) is 1.27. The Morgan fingerprint density at radius 2 is 1.74 bits per heavy atom. The van der Waals surface area contributed by atoms with Gasteiger partial charge in [-0.1, -0.05) is 0 Å². The molecule has 2 fully saturated rings. The molecule has 11 atom stereocenters. The second-order valence-electron chi connectivity index (χ2n) is 9.31. The summed E-state index contributed by atoms with van der Waals surface area (Å²) < 4.78 is 60.1. The topological polar surface area (TPSA) is 257 Å². The van der Waals surface area contributed by atoms with Crippen LogP contribution in [0.5, 0.6) is 0 Å². The van der Waals surface area contributed by atoms with E-state index in [0.29, 0.717) is 12.2 Å². The average molecular weight is 528 g/mol. The molecule has 2 heterocycles. The molecule has 0 aromatic carbocycles. The Labute approximate surface area is 204 Å². The van der Waals surface area contributed by atoms with Gasteiger partial charge < -0.3 is 57.4 Å². The zero-order valence-corrected chi connectivity index (χ0v) is 20.4. The van der Waals surface area contributed by atoms with Crippen molar-refractivity contribution in [2.75, 3.05) is 20.2 Å². The SMILES string of the molecule is CNC1C(OS(=O)(=O)O)C(OC2C(N)CC(N)C(OC3OC(CN)=CCC3N)C2O)OCC1(C)O. The van der Waals surface area contributed by atoms with Crippen LogP contribution in [0.25, 0.3) is 0 Å². The van der Waals surface area contributed by atoms with Gasteiger partial charge in [-0.3, -0.25) is 4.55 Å². The minimum absolute atomic E-state index is 0.146. The van der Waals surface area contributed by atoms with Crippen LogP contribution in [0.1, 0.15) is 19.8 Å². The predicted octanol–water partition coefficient (Wildman–Crippen LogP) is -4.02. The van der Waals surface area contributed by atoms with Gasteiger partial charge in [-0.15, -0.1) is 0 Å². The fraction of sp³-hybridized carbons (Fsp3) is 0.895. The van der Waals surface area contributed by atoms with E-state index in [9.17, 15) is 23.2 Å². The highest BCUT2D eigenvalue weighted by Crippen LogP contribution is 2.32. The Kier molecular flexibility index (Phi) is 9.13. The van der Waals surface area contributed by atoms with E-state index < -0.39 is 77.2 Å². The first-order valence-corrected chi connectivity index (χ1v) is 12.6. The van der Waals surface area contributed by atoms with E-state index >= 15 is 0 Å². The molecule has 3 rings (SSSR count). The molecule has 1 aliphatic carbocycles. The smallest absolute Gasteiger partial charge is 0.397 e. The first-order valence-electron chi connectivity index (χ1n) is 11.3. The van der Waals surface area contributed by atoms with Crippen LogP contribution in [0.2, 0.25) is 0 Å². The lowest BCUT2D eigenvalue weighted by molar-refractivity contribution is -0.299. The van der Waals surface area contributed by atoms with Crippen LogP contribution in [0.15, 0.2) is 11.8 Å². The molecule has 11 unspecified atom stereocenters. The molecular weight excluding hydrogens is 490 g/mol. The van der Waals surface area contributed by atoms with E-state index in [2.05, 4.69) is 5.32 Å². The maximum Gasteiger partial charge on any atom is 0.397 e. The second kappa shape index (κ2) is 11.2. The van der Waals surface area contributed by atoms with Crippen LogP contribution < -0.4 is 28.3 Å². The van der Waals surface area contributed by atoms with Crippen molar-refractivity contribution in [1.29, 1.82) is 0 Å². The summed E-state index contributed by atoms with van der Waals surface area (Å²) in [5.41, 5.74) is 22.6. The van der Waals surface area contributed by atoms with Gasteiger partial charge in [0, 0.05) is 12.1 Å². The average Bonchev–Trinajstić information content (AvgIpc) is 2.75. The molecule has 0 bridgehead atoms. The maximum atomic E-state index is 11.5. The van der Waals surface area contributed by atoms with Gasteiger partial charge in [-0.2, -0.15) is 8.42 Å². The van der Waals surface area contributed by atoms with Crippen molar-refractivity contribution in [3.63, 3.8) is 0 Å². The molecule has 15 nitrogen and oxygen atoms in total. The largest absolute Gasteiger partial charge is 0.467 e. The van der Waals surface area contributed by atoms with Gasteiger partial charge in [-0.25, -0.2) is 4.18 Å². The number of rotatable bonds is 8. The minimum atomic E-state index is -4.97. The van der Waals surface area contributed by atoms with Crippen molar-refractivity contribution in [1.82, 2.24) is 5.32 Å². The molecule has 0 radical (unpaired) electrons. The normalized spacial score (nSPS) is 45.0. The summed E-state index contributed by atoms with van der Waals surface area (Å²) in [6, 6.07) is -3.08. The van der Waals surface area contributed by atoms with Crippen molar-refractivity contribution in [2.24, 2.45) is 22.9 Å². The van der Waals surface area contributed by atoms with Crippen LogP contribution in [0, 0.1) is 0 Å². The van der Waals surface area contributed by atoms with Crippen LogP contribution in [0.3, 0.4) is 0 Å². The van der Waals surface area contributed by atoms with Gasteiger partial charge in [0.15, 0.2) is 6.29 Å². The molecule has 3 aliphatic rings. The first kappa shape index (κ1) is 28.6. The lowest BCUT2D eigenvalue weighted by atomic mass is 9.84. The number of likely N-dealkylation sites (N-methyl/N-ethyl adjacent to an activating group) is 1. The number of nitrogens with two attached hydrogens (primary N) is 4. The monoisotopic (exact) mass is 527 g/mol. The van der Waals surface area contributed by atoms with Gasteiger partial charge >= 0.3 is 10.4 Å². The minimum Gasteiger partial charge on any atom is -0.467 e. The number of aliphatic hydroxyl groups excluding tert-OH is 1.